The second kappa shape index (κ2) is 5.84. The van der Waals surface area contributed by atoms with Gasteiger partial charge in [-0.15, -0.1) is 0 Å². The number of aliphatic carboxylic acids is 1. The Morgan fingerprint density at radius 3 is 2.50 bits per heavy atom. The summed E-state index contributed by atoms with van der Waals surface area (Å²) in [6, 6.07) is -0.529. The first-order chi connectivity index (χ1) is 7.56. The van der Waals surface area contributed by atoms with Gasteiger partial charge in [0, 0.05) is 0 Å². The molecule has 0 spiro atoms. The zero-order valence-electron chi connectivity index (χ0n) is 9.69. The Kier molecular flexibility index (Phi) is 4.73. The van der Waals surface area contributed by atoms with E-state index < -0.39 is 17.9 Å². The van der Waals surface area contributed by atoms with Crippen LogP contribution in [0.25, 0.3) is 0 Å². The van der Waals surface area contributed by atoms with Gasteiger partial charge in [-0.3, -0.25) is 14.5 Å². The summed E-state index contributed by atoms with van der Waals surface area (Å²) in [6.45, 7) is 2.72. The van der Waals surface area contributed by atoms with Crippen LogP contribution in [0.2, 0.25) is 0 Å². The molecule has 1 fully saturated rings. The molecule has 1 saturated carbocycles. The number of hydrogen-bond acceptors (Lipinski definition) is 3. The highest BCUT2D eigenvalue weighted by Crippen LogP contribution is 2.35. The molecular weight excluding hydrogens is 208 g/mol. The minimum Gasteiger partial charge on any atom is -0.480 e. The van der Waals surface area contributed by atoms with Gasteiger partial charge in [-0.25, -0.2) is 0 Å². The van der Waals surface area contributed by atoms with Gasteiger partial charge in [-0.2, -0.15) is 0 Å². The van der Waals surface area contributed by atoms with Gasteiger partial charge in [0.1, 0.15) is 6.04 Å². The normalized spacial score (nSPS) is 17.4. The van der Waals surface area contributed by atoms with E-state index in [-0.39, 0.29) is 12.5 Å². The highest BCUT2D eigenvalue weighted by molar-refractivity contribution is 5.78. The maximum atomic E-state index is 11.2. The third-order valence-electron chi connectivity index (χ3n) is 2.87. The smallest absolute Gasteiger partial charge is 0.321 e. The third kappa shape index (κ3) is 3.81. The number of carboxylic acids is 1. The molecule has 0 aliphatic heterocycles. The van der Waals surface area contributed by atoms with E-state index in [1.807, 2.05) is 6.92 Å². The fourth-order valence-electron chi connectivity index (χ4n) is 1.95. The standard InChI is InChI=1S/C11H20N2O3/c1-2-3-6-13(7-9(12)14)10(11(15)16)8-4-5-8/h8,10H,2-7H2,1H3,(H2,12,14)(H,15,16). The SMILES string of the molecule is CCCCN(CC(N)=O)C(C(=O)O)C1CC1. The summed E-state index contributed by atoms with van der Waals surface area (Å²) in [7, 11) is 0. The number of amides is 1. The average Bonchev–Trinajstić information content (AvgIpc) is 2.97. The maximum Gasteiger partial charge on any atom is 0.321 e. The number of nitrogens with zero attached hydrogens (tertiary/aromatic N) is 1. The monoisotopic (exact) mass is 228 g/mol. The van der Waals surface area contributed by atoms with E-state index in [9.17, 15) is 14.7 Å². The lowest BCUT2D eigenvalue weighted by Gasteiger charge is -2.27. The summed E-state index contributed by atoms with van der Waals surface area (Å²) in [6.07, 6.45) is 3.76. The van der Waals surface area contributed by atoms with Gasteiger partial charge < -0.3 is 10.8 Å². The summed E-state index contributed by atoms with van der Waals surface area (Å²) < 4.78 is 0. The predicted molar refractivity (Wildman–Crippen MR) is 59.8 cm³/mol. The van der Waals surface area contributed by atoms with Crippen LogP contribution in [0.1, 0.15) is 32.6 Å². The Morgan fingerprint density at radius 2 is 2.12 bits per heavy atom. The molecule has 5 heteroatoms. The molecule has 1 rings (SSSR count). The molecule has 5 nitrogen and oxygen atoms in total. The van der Waals surface area contributed by atoms with Crippen LogP contribution in [0, 0.1) is 5.92 Å². The van der Waals surface area contributed by atoms with E-state index in [2.05, 4.69) is 0 Å². The first-order valence-electron chi connectivity index (χ1n) is 5.81. The highest BCUT2D eigenvalue weighted by Gasteiger charge is 2.40. The molecule has 0 aromatic rings. The molecule has 3 N–H and O–H groups in total. The minimum atomic E-state index is -0.833. The van der Waals surface area contributed by atoms with E-state index in [0.717, 1.165) is 25.7 Å². The number of carbonyl (C=O) groups excluding carboxylic acids is 1. The van der Waals surface area contributed by atoms with Gasteiger partial charge in [0.2, 0.25) is 5.91 Å². The third-order valence-corrected chi connectivity index (χ3v) is 2.87. The molecule has 0 aromatic heterocycles. The van der Waals surface area contributed by atoms with Crippen molar-refractivity contribution in [2.24, 2.45) is 11.7 Å². The predicted octanol–water partition coefficient (Wildman–Crippen LogP) is 0.437. The fraction of sp³-hybridized carbons (Fsp3) is 0.818. The van der Waals surface area contributed by atoms with Crippen molar-refractivity contribution in [3.63, 3.8) is 0 Å². The molecule has 16 heavy (non-hydrogen) atoms. The van der Waals surface area contributed by atoms with E-state index in [1.54, 1.807) is 4.90 Å². The molecule has 0 aromatic carbocycles. The number of rotatable bonds is 8. The maximum absolute atomic E-state index is 11.2. The molecule has 0 saturated heterocycles. The Labute approximate surface area is 95.6 Å². The minimum absolute atomic E-state index is 0.0491. The number of carboxylic acid groups (broad SMARTS) is 1. The summed E-state index contributed by atoms with van der Waals surface area (Å²) >= 11 is 0. The van der Waals surface area contributed by atoms with E-state index >= 15 is 0 Å². The van der Waals surface area contributed by atoms with Gasteiger partial charge in [0.25, 0.3) is 0 Å². The second-order valence-electron chi connectivity index (χ2n) is 4.41. The Hall–Kier alpha value is -1.10. The van der Waals surface area contributed by atoms with Gasteiger partial charge >= 0.3 is 5.97 Å². The molecular formula is C11H20N2O3. The van der Waals surface area contributed by atoms with Gasteiger partial charge in [0.05, 0.1) is 6.54 Å². The number of primary amides is 1. The highest BCUT2D eigenvalue weighted by atomic mass is 16.4. The van der Waals surface area contributed by atoms with Crippen LogP contribution in [-0.2, 0) is 9.59 Å². The van der Waals surface area contributed by atoms with Crippen molar-refractivity contribution in [1.82, 2.24) is 4.90 Å². The van der Waals surface area contributed by atoms with Crippen molar-refractivity contribution in [1.29, 1.82) is 0 Å². The summed E-state index contributed by atoms with van der Waals surface area (Å²) in [5.41, 5.74) is 5.15. The molecule has 0 heterocycles. The molecule has 1 atom stereocenters. The zero-order chi connectivity index (χ0) is 12.1. The van der Waals surface area contributed by atoms with Crippen molar-refractivity contribution >= 4 is 11.9 Å². The second-order valence-corrected chi connectivity index (χ2v) is 4.41. The first-order valence-corrected chi connectivity index (χ1v) is 5.81. The van der Waals surface area contributed by atoms with Crippen LogP contribution in [0.5, 0.6) is 0 Å². The number of hydrogen-bond donors (Lipinski definition) is 2. The van der Waals surface area contributed by atoms with Crippen molar-refractivity contribution < 1.29 is 14.7 Å². The molecule has 1 aliphatic carbocycles. The van der Waals surface area contributed by atoms with Crippen molar-refractivity contribution in [2.45, 2.75) is 38.6 Å². The van der Waals surface area contributed by atoms with E-state index in [4.69, 9.17) is 5.73 Å². The summed E-state index contributed by atoms with van der Waals surface area (Å²) in [5.74, 6) is -1.09. The van der Waals surface area contributed by atoms with Gasteiger partial charge in [-0.1, -0.05) is 13.3 Å². The molecule has 0 bridgehead atoms. The molecule has 0 radical (unpaired) electrons. The van der Waals surface area contributed by atoms with Gasteiger partial charge in [-0.05, 0) is 31.7 Å². The molecule has 1 amide bonds. The number of carbonyl (C=O) groups is 2. The van der Waals surface area contributed by atoms with Crippen molar-refractivity contribution in [3.8, 4) is 0 Å². The average molecular weight is 228 g/mol. The fourth-order valence-corrected chi connectivity index (χ4v) is 1.95. The number of unbranched alkanes of at least 4 members (excludes halogenated alkanes) is 1. The van der Waals surface area contributed by atoms with E-state index in [1.165, 1.54) is 0 Å². The zero-order valence-corrected chi connectivity index (χ0v) is 9.69. The van der Waals surface area contributed by atoms with Crippen LogP contribution in [0.4, 0.5) is 0 Å². The number of nitrogens with two attached hydrogens (primary N) is 1. The van der Waals surface area contributed by atoms with E-state index in [0.29, 0.717) is 6.54 Å². The quantitative estimate of drug-likeness (QED) is 0.631. The molecule has 1 aliphatic rings. The van der Waals surface area contributed by atoms with Crippen molar-refractivity contribution in [3.05, 3.63) is 0 Å². The van der Waals surface area contributed by atoms with Crippen LogP contribution in [0.15, 0.2) is 0 Å². The first kappa shape index (κ1) is 13.0. The van der Waals surface area contributed by atoms with Gasteiger partial charge in [0.15, 0.2) is 0 Å². The van der Waals surface area contributed by atoms with Crippen LogP contribution in [0.3, 0.4) is 0 Å². The lowest BCUT2D eigenvalue weighted by Crippen LogP contribution is -2.47. The Morgan fingerprint density at radius 1 is 1.50 bits per heavy atom. The van der Waals surface area contributed by atoms with Crippen molar-refractivity contribution in [2.75, 3.05) is 13.1 Å². The van der Waals surface area contributed by atoms with Crippen LogP contribution in [-0.4, -0.2) is 41.0 Å². The Bertz CT molecular complexity index is 264. The largest absolute Gasteiger partial charge is 0.480 e. The lowest BCUT2D eigenvalue weighted by atomic mass is 10.1. The van der Waals surface area contributed by atoms with Crippen LogP contribution < -0.4 is 5.73 Å². The molecule has 92 valence electrons. The lowest BCUT2D eigenvalue weighted by molar-refractivity contribution is -0.144. The van der Waals surface area contributed by atoms with Crippen LogP contribution >= 0.6 is 0 Å². The summed E-state index contributed by atoms with van der Waals surface area (Å²) in [4.78, 5) is 23.8. The molecule has 1 unspecified atom stereocenters. The summed E-state index contributed by atoms with van der Waals surface area (Å²) in [5, 5.41) is 9.17. The topological polar surface area (TPSA) is 83.6 Å². The Balaban J connectivity index is 2.62.